The van der Waals surface area contributed by atoms with Gasteiger partial charge in [-0.05, 0) is 43.3 Å². The van der Waals surface area contributed by atoms with Crippen LogP contribution in [-0.2, 0) is 0 Å². The van der Waals surface area contributed by atoms with E-state index in [0.717, 1.165) is 0 Å². The summed E-state index contributed by atoms with van der Waals surface area (Å²) in [6.45, 7) is 1.38. The quantitative estimate of drug-likeness (QED) is 0.385. The molecule has 134 valence electrons. The van der Waals surface area contributed by atoms with E-state index >= 15 is 0 Å². The summed E-state index contributed by atoms with van der Waals surface area (Å²) in [6, 6.07) is 21.2. The maximum atomic E-state index is 12.2. The summed E-state index contributed by atoms with van der Waals surface area (Å²) in [4.78, 5) is 36.3. The van der Waals surface area contributed by atoms with Crippen molar-refractivity contribution in [3.8, 4) is 11.5 Å². The Balaban J connectivity index is 1.85. The average Bonchev–Trinajstić information content (AvgIpc) is 2.69. The van der Waals surface area contributed by atoms with Crippen molar-refractivity contribution in [2.45, 2.75) is 6.92 Å². The zero-order valence-electron chi connectivity index (χ0n) is 14.5. The Labute approximate surface area is 156 Å². The highest BCUT2D eigenvalue weighted by molar-refractivity contribution is 5.96. The molecule has 3 aromatic rings. The Bertz CT molecular complexity index is 906. The second-order valence-corrected chi connectivity index (χ2v) is 5.76. The Kier molecular flexibility index (Phi) is 5.42. The number of esters is 2. The summed E-state index contributed by atoms with van der Waals surface area (Å²) >= 11 is 0. The fourth-order valence-electron chi connectivity index (χ4n) is 2.37. The van der Waals surface area contributed by atoms with Crippen molar-refractivity contribution in [1.82, 2.24) is 0 Å². The minimum absolute atomic E-state index is 0.118. The SMILES string of the molecule is CC(=O)c1cc(OC(=O)c2ccccc2)cc(OC(=O)c2ccccc2)c1. The van der Waals surface area contributed by atoms with E-state index < -0.39 is 11.9 Å². The summed E-state index contributed by atoms with van der Waals surface area (Å²) in [5, 5.41) is 0. The Morgan fingerprint density at radius 3 is 1.37 bits per heavy atom. The van der Waals surface area contributed by atoms with E-state index in [1.807, 2.05) is 0 Å². The van der Waals surface area contributed by atoms with Crippen LogP contribution in [0.4, 0.5) is 0 Å². The molecule has 0 atom stereocenters. The van der Waals surface area contributed by atoms with Crippen LogP contribution in [0.15, 0.2) is 78.9 Å². The van der Waals surface area contributed by atoms with Gasteiger partial charge >= 0.3 is 11.9 Å². The van der Waals surface area contributed by atoms with Crippen molar-refractivity contribution < 1.29 is 23.9 Å². The normalized spacial score (nSPS) is 10.1. The molecule has 0 aliphatic rings. The largest absolute Gasteiger partial charge is 0.423 e. The highest BCUT2D eigenvalue weighted by Gasteiger charge is 2.14. The molecule has 0 radical (unpaired) electrons. The molecule has 0 fully saturated rings. The third kappa shape index (κ3) is 4.67. The lowest BCUT2D eigenvalue weighted by molar-refractivity contribution is 0.0730. The van der Waals surface area contributed by atoms with Gasteiger partial charge in [-0.15, -0.1) is 0 Å². The number of hydrogen-bond donors (Lipinski definition) is 0. The van der Waals surface area contributed by atoms with Gasteiger partial charge in [0.2, 0.25) is 0 Å². The number of ether oxygens (including phenoxy) is 2. The highest BCUT2D eigenvalue weighted by atomic mass is 16.5. The molecule has 27 heavy (non-hydrogen) atoms. The smallest absolute Gasteiger partial charge is 0.343 e. The fourth-order valence-corrected chi connectivity index (χ4v) is 2.37. The van der Waals surface area contributed by atoms with Crippen molar-refractivity contribution >= 4 is 17.7 Å². The Hall–Kier alpha value is -3.73. The van der Waals surface area contributed by atoms with Gasteiger partial charge < -0.3 is 9.47 Å². The van der Waals surface area contributed by atoms with Crippen LogP contribution >= 0.6 is 0 Å². The maximum absolute atomic E-state index is 12.2. The van der Waals surface area contributed by atoms with Crippen LogP contribution in [0.1, 0.15) is 38.0 Å². The second kappa shape index (κ2) is 8.10. The molecule has 0 saturated carbocycles. The molecule has 0 N–H and O–H groups in total. The number of ketones is 1. The van der Waals surface area contributed by atoms with E-state index in [2.05, 4.69) is 0 Å². The topological polar surface area (TPSA) is 69.7 Å². The van der Waals surface area contributed by atoms with Crippen molar-refractivity contribution in [3.63, 3.8) is 0 Å². The summed E-state index contributed by atoms with van der Waals surface area (Å²) in [5.41, 5.74) is 1.01. The minimum Gasteiger partial charge on any atom is -0.423 e. The molecule has 0 aromatic heterocycles. The van der Waals surface area contributed by atoms with E-state index in [1.54, 1.807) is 60.7 Å². The van der Waals surface area contributed by atoms with Crippen molar-refractivity contribution in [3.05, 3.63) is 95.6 Å². The molecule has 0 heterocycles. The first-order chi connectivity index (χ1) is 13.0. The number of carbonyl (C=O) groups excluding carboxylic acids is 3. The second-order valence-electron chi connectivity index (χ2n) is 5.76. The zero-order valence-corrected chi connectivity index (χ0v) is 14.5. The molecule has 0 aliphatic carbocycles. The number of carbonyl (C=O) groups is 3. The molecule has 0 unspecified atom stereocenters. The van der Waals surface area contributed by atoms with Crippen molar-refractivity contribution in [1.29, 1.82) is 0 Å². The Morgan fingerprint density at radius 2 is 1.00 bits per heavy atom. The number of benzene rings is 3. The monoisotopic (exact) mass is 360 g/mol. The molecule has 3 rings (SSSR count). The van der Waals surface area contributed by atoms with E-state index in [4.69, 9.17) is 9.47 Å². The lowest BCUT2D eigenvalue weighted by Crippen LogP contribution is -2.11. The molecule has 0 amide bonds. The molecule has 0 aliphatic heterocycles. The van der Waals surface area contributed by atoms with Crippen LogP contribution < -0.4 is 9.47 Å². The van der Waals surface area contributed by atoms with Gasteiger partial charge in [0.15, 0.2) is 5.78 Å². The summed E-state index contributed by atoms with van der Waals surface area (Å²) in [7, 11) is 0. The number of Topliss-reactive ketones (excluding diaryl/α,β-unsaturated/α-hetero) is 1. The van der Waals surface area contributed by atoms with Crippen LogP contribution in [0.2, 0.25) is 0 Å². The van der Waals surface area contributed by atoms with Gasteiger partial charge in [-0.2, -0.15) is 0 Å². The third-order valence-electron chi connectivity index (χ3n) is 3.73. The first-order valence-corrected chi connectivity index (χ1v) is 8.23. The molecule has 0 spiro atoms. The highest BCUT2D eigenvalue weighted by Crippen LogP contribution is 2.25. The molecule has 5 nitrogen and oxygen atoms in total. The molecular formula is C22H16O5. The molecule has 3 aromatic carbocycles. The predicted octanol–water partition coefficient (Wildman–Crippen LogP) is 4.33. The van der Waals surface area contributed by atoms with E-state index in [9.17, 15) is 14.4 Å². The fraction of sp³-hybridized carbons (Fsp3) is 0.0455. The van der Waals surface area contributed by atoms with Gasteiger partial charge in [-0.1, -0.05) is 36.4 Å². The van der Waals surface area contributed by atoms with Crippen molar-refractivity contribution in [2.24, 2.45) is 0 Å². The van der Waals surface area contributed by atoms with E-state index in [1.165, 1.54) is 25.1 Å². The average molecular weight is 360 g/mol. The van der Waals surface area contributed by atoms with Gasteiger partial charge in [0.05, 0.1) is 11.1 Å². The van der Waals surface area contributed by atoms with Crippen molar-refractivity contribution in [2.75, 3.05) is 0 Å². The van der Waals surface area contributed by atoms with Gasteiger partial charge in [0.25, 0.3) is 0 Å². The van der Waals surface area contributed by atoms with Gasteiger partial charge in [-0.3, -0.25) is 4.79 Å². The summed E-state index contributed by atoms with van der Waals surface area (Å²) < 4.78 is 10.7. The Morgan fingerprint density at radius 1 is 0.593 bits per heavy atom. The molecule has 0 bridgehead atoms. The van der Waals surface area contributed by atoms with E-state index in [0.29, 0.717) is 11.1 Å². The van der Waals surface area contributed by atoms with E-state index in [-0.39, 0.29) is 22.8 Å². The van der Waals surface area contributed by atoms with Crippen LogP contribution in [0.25, 0.3) is 0 Å². The number of hydrogen-bond acceptors (Lipinski definition) is 5. The molecule has 0 saturated heterocycles. The first-order valence-electron chi connectivity index (χ1n) is 8.23. The van der Waals surface area contributed by atoms with Crippen LogP contribution in [0, 0.1) is 0 Å². The zero-order chi connectivity index (χ0) is 19.2. The molecular weight excluding hydrogens is 344 g/mol. The van der Waals surface area contributed by atoms with Gasteiger partial charge in [-0.25, -0.2) is 9.59 Å². The number of rotatable bonds is 5. The maximum Gasteiger partial charge on any atom is 0.343 e. The molecule has 5 heteroatoms. The van der Waals surface area contributed by atoms with Gasteiger partial charge in [0.1, 0.15) is 11.5 Å². The van der Waals surface area contributed by atoms with Gasteiger partial charge in [0, 0.05) is 11.6 Å². The predicted molar refractivity (Wildman–Crippen MR) is 99.2 cm³/mol. The standard InChI is InChI=1S/C22H16O5/c1-15(23)18-12-19(26-21(24)16-8-4-2-5-9-16)14-20(13-18)27-22(25)17-10-6-3-7-11-17/h2-14H,1H3. The third-order valence-corrected chi connectivity index (χ3v) is 3.73. The van der Waals surface area contributed by atoms with Crippen LogP contribution in [-0.4, -0.2) is 17.7 Å². The van der Waals surface area contributed by atoms with Crippen LogP contribution in [0.5, 0.6) is 11.5 Å². The lowest BCUT2D eigenvalue weighted by Gasteiger charge is -2.10. The summed E-state index contributed by atoms with van der Waals surface area (Å²) in [6.07, 6.45) is 0. The lowest BCUT2D eigenvalue weighted by atomic mass is 10.1. The summed E-state index contributed by atoms with van der Waals surface area (Å²) in [5.74, 6) is -1.15. The first kappa shape index (κ1) is 18.1. The van der Waals surface area contributed by atoms with Crippen LogP contribution in [0.3, 0.4) is 0 Å². The minimum atomic E-state index is -0.573.